The number of aromatic nitrogens is 3. The van der Waals surface area contributed by atoms with E-state index in [9.17, 15) is 38.7 Å². The zero-order valence-corrected chi connectivity index (χ0v) is 38.8. The number of carbonyl (C=O) groups is 5. The lowest BCUT2D eigenvalue weighted by Gasteiger charge is -2.26. The van der Waals surface area contributed by atoms with Crippen LogP contribution in [0, 0.1) is 35.9 Å². The van der Waals surface area contributed by atoms with E-state index in [1.54, 1.807) is 42.5 Å². The number of nitriles is 1. The molecule has 2 saturated heterocycles. The molecule has 1 aromatic carbocycles. The van der Waals surface area contributed by atoms with Crippen molar-refractivity contribution < 1.29 is 52.4 Å². The first-order valence-electron chi connectivity index (χ1n) is 23.3. The van der Waals surface area contributed by atoms with Gasteiger partial charge in [-0.25, -0.2) is 23.9 Å². The Morgan fingerprint density at radius 2 is 1.39 bits per heavy atom. The first-order valence-corrected chi connectivity index (χ1v) is 23.3. The Labute approximate surface area is 406 Å². The van der Waals surface area contributed by atoms with Crippen LogP contribution < -0.4 is 52.0 Å². The molecule has 4 aliphatic heterocycles. The minimum atomic E-state index is -0.958. The van der Waals surface area contributed by atoms with Crippen LogP contribution in [0.2, 0.25) is 0 Å². The zero-order valence-electron chi connectivity index (χ0n) is 38.8. The summed E-state index contributed by atoms with van der Waals surface area (Å²) in [6.07, 6.45) is 3.07. The minimum Gasteiger partial charge on any atom is -0.481 e. The average molecular weight is 977 g/mol. The highest BCUT2D eigenvalue weighted by molar-refractivity contribution is 5.96. The minimum absolute atomic E-state index is 0.0680. The summed E-state index contributed by atoms with van der Waals surface area (Å²) < 4.78 is 36.1. The zero-order chi connectivity index (χ0) is 50.0. The van der Waals surface area contributed by atoms with Crippen molar-refractivity contribution in [2.45, 2.75) is 56.1 Å². The Balaban J connectivity index is 0.000000176. The van der Waals surface area contributed by atoms with E-state index in [2.05, 4.69) is 42.3 Å². The number of benzene rings is 1. The number of carboxylic acid groups (broad SMARTS) is 1. The van der Waals surface area contributed by atoms with E-state index < -0.39 is 35.3 Å². The quantitative estimate of drug-likeness (QED) is 0.0840. The highest BCUT2D eigenvalue weighted by Gasteiger charge is 2.47. The number of pyridine rings is 3. The molecule has 7 heterocycles. The van der Waals surface area contributed by atoms with E-state index in [1.165, 1.54) is 16.0 Å². The van der Waals surface area contributed by atoms with Gasteiger partial charge in [0.2, 0.25) is 0 Å². The van der Waals surface area contributed by atoms with Crippen LogP contribution in [0.15, 0.2) is 48.7 Å². The molecule has 5 unspecified atom stereocenters. The van der Waals surface area contributed by atoms with Crippen LogP contribution in [-0.4, -0.2) is 127 Å². The maximum Gasteiger partial charge on any atom is 0.416 e. The molecule has 0 spiro atoms. The Kier molecular flexibility index (Phi) is 13.7. The van der Waals surface area contributed by atoms with E-state index in [-0.39, 0.29) is 74.6 Å². The number of hydrogen-bond acceptors (Lipinski definition) is 17. The van der Waals surface area contributed by atoms with Crippen LogP contribution in [0.25, 0.3) is 0 Å². The van der Waals surface area contributed by atoms with Crippen molar-refractivity contribution >= 4 is 53.2 Å². The molecule has 0 radical (unpaired) electrons. The number of halogens is 1. The number of nitrogens with two attached hydrogens (primary N) is 2. The van der Waals surface area contributed by atoms with Gasteiger partial charge in [-0.2, -0.15) is 5.26 Å². The summed E-state index contributed by atoms with van der Waals surface area (Å²) in [6.45, 7) is 4.57. The van der Waals surface area contributed by atoms with Crippen LogP contribution in [0.4, 0.5) is 37.3 Å². The van der Waals surface area contributed by atoms with Crippen molar-refractivity contribution in [3.63, 3.8) is 0 Å². The summed E-state index contributed by atoms with van der Waals surface area (Å²) in [5.41, 5.74) is 14.9. The largest absolute Gasteiger partial charge is 0.481 e. The lowest BCUT2D eigenvalue weighted by molar-refractivity contribution is -0.139. The fourth-order valence-corrected chi connectivity index (χ4v) is 10.1. The van der Waals surface area contributed by atoms with Gasteiger partial charge in [0.05, 0.1) is 36.8 Å². The summed E-state index contributed by atoms with van der Waals surface area (Å²) in [7, 11) is 0. The van der Waals surface area contributed by atoms with Crippen LogP contribution in [0.5, 0.6) is 11.5 Å². The van der Waals surface area contributed by atoms with Gasteiger partial charge >= 0.3 is 18.2 Å². The standard InChI is InChI=1S/C25H26N6O6.C23H27FN6O4/c26-9-14-2-1-3-16-17(14)8-15(21(16)23(33)34)10-28-7-6-25(12-27)13-31(24(35)37-25)19-5-4-18-22(29-19)30-20(32)11-36-18;1-13-15-6-14(7-16(15)17(24)9-27-13)8-26-5-4-23(11-25)12-30(22(32)34-23)19-3-2-18-21(28-19)29-20(31)10-33-18/h1-5,15,21,28H,6-8,10-13,27H2,(H,33,34)(H,29,30,32);2-3,9,14,26H,4-8,10-12,25H2,1H3,(H,28,29,31). The highest BCUT2D eigenvalue weighted by atomic mass is 19.1. The van der Waals surface area contributed by atoms with Crippen molar-refractivity contribution in [2.75, 3.05) is 86.0 Å². The monoisotopic (exact) mass is 976 g/mol. The van der Waals surface area contributed by atoms with Crippen LogP contribution in [0.1, 0.15) is 52.3 Å². The van der Waals surface area contributed by atoms with Crippen LogP contribution >= 0.6 is 0 Å². The fourth-order valence-electron chi connectivity index (χ4n) is 10.1. The van der Waals surface area contributed by atoms with Gasteiger partial charge in [0, 0.05) is 31.6 Å². The Morgan fingerprint density at radius 3 is 1.93 bits per heavy atom. The summed E-state index contributed by atoms with van der Waals surface area (Å²) >= 11 is 0. The molecule has 6 aliphatic rings. The fraction of sp³-hybridized carbons (Fsp3) is 0.438. The number of carbonyl (C=O) groups excluding carboxylic acids is 4. The van der Waals surface area contributed by atoms with Crippen molar-refractivity contribution in [2.24, 2.45) is 23.3 Å². The van der Waals surface area contributed by atoms with Gasteiger partial charge in [0.25, 0.3) is 11.8 Å². The molecule has 0 bridgehead atoms. The van der Waals surface area contributed by atoms with E-state index in [0.29, 0.717) is 85.5 Å². The normalized spacial score (nSPS) is 23.6. The number of aryl methyl sites for hydroxylation is 1. The molecule has 23 heteroatoms. The van der Waals surface area contributed by atoms with Crippen molar-refractivity contribution in [1.82, 2.24) is 25.6 Å². The Hall–Kier alpha value is -7.52. The van der Waals surface area contributed by atoms with Gasteiger partial charge in [0.1, 0.15) is 28.7 Å². The molecule has 4 aromatic rings. The molecule has 9 N–H and O–H groups in total. The molecule has 10 rings (SSSR count). The molecule has 0 saturated carbocycles. The predicted octanol–water partition coefficient (Wildman–Crippen LogP) is 2.26. The summed E-state index contributed by atoms with van der Waals surface area (Å²) in [5, 5.41) is 31.2. The van der Waals surface area contributed by atoms with Gasteiger partial charge in [-0.15, -0.1) is 0 Å². The van der Waals surface area contributed by atoms with Gasteiger partial charge in [-0.1, -0.05) is 12.1 Å². The summed E-state index contributed by atoms with van der Waals surface area (Å²) in [4.78, 5) is 76.1. The lowest BCUT2D eigenvalue weighted by atomic mass is 9.92. The number of carboxylic acids is 1. The van der Waals surface area contributed by atoms with Gasteiger partial charge < -0.3 is 56.8 Å². The number of aliphatic carboxylic acids is 1. The van der Waals surface area contributed by atoms with Gasteiger partial charge in [0.15, 0.2) is 36.3 Å². The molecule has 71 heavy (non-hydrogen) atoms. The molecular formula is C48H53FN12O10. The number of ether oxygens (including phenoxy) is 4. The second-order valence-corrected chi connectivity index (χ2v) is 18.5. The lowest BCUT2D eigenvalue weighted by Crippen LogP contribution is -2.45. The second kappa shape index (κ2) is 20.1. The van der Waals surface area contributed by atoms with Crippen LogP contribution in [0.3, 0.4) is 0 Å². The summed E-state index contributed by atoms with van der Waals surface area (Å²) in [6, 6.07) is 13.9. The first-order chi connectivity index (χ1) is 34.2. The molecule has 2 fully saturated rings. The maximum absolute atomic E-state index is 14.1. The van der Waals surface area contributed by atoms with Crippen molar-refractivity contribution in [3.8, 4) is 17.6 Å². The molecule has 5 atom stereocenters. The third kappa shape index (κ3) is 9.96. The van der Waals surface area contributed by atoms with Crippen molar-refractivity contribution in [3.05, 3.63) is 88.0 Å². The highest BCUT2D eigenvalue weighted by Crippen LogP contribution is 2.40. The number of rotatable bonds is 15. The molecule has 3 aromatic heterocycles. The molecule has 22 nitrogen and oxygen atoms in total. The second-order valence-electron chi connectivity index (χ2n) is 18.5. The number of nitrogens with one attached hydrogen (secondary N) is 4. The first kappa shape index (κ1) is 48.5. The average Bonchev–Trinajstić information content (AvgIpc) is 4.15. The molecule has 4 amide bonds. The third-order valence-corrected chi connectivity index (χ3v) is 13.8. The van der Waals surface area contributed by atoms with E-state index in [0.717, 1.165) is 35.3 Å². The van der Waals surface area contributed by atoms with Gasteiger partial charge in [-0.05, 0) is 117 Å². The predicted molar refractivity (Wildman–Crippen MR) is 251 cm³/mol. The Morgan fingerprint density at radius 1 is 0.831 bits per heavy atom. The maximum atomic E-state index is 14.1. The summed E-state index contributed by atoms with van der Waals surface area (Å²) in [5.74, 6) is -0.367. The number of amides is 4. The van der Waals surface area contributed by atoms with Crippen molar-refractivity contribution in [1.29, 1.82) is 5.26 Å². The Bertz CT molecular complexity index is 2800. The molecular weight excluding hydrogens is 924 g/mol. The van der Waals surface area contributed by atoms with E-state index in [1.807, 2.05) is 6.92 Å². The number of anilines is 4. The molecule has 2 aliphatic carbocycles. The van der Waals surface area contributed by atoms with E-state index in [4.69, 9.17) is 30.4 Å². The van der Waals surface area contributed by atoms with Crippen LogP contribution in [-0.2, 0) is 43.1 Å². The number of nitrogens with zero attached hydrogens (tertiary/aromatic N) is 6. The van der Waals surface area contributed by atoms with Gasteiger partial charge in [-0.3, -0.25) is 29.2 Å². The van der Waals surface area contributed by atoms with E-state index >= 15 is 0 Å². The third-order valence-electron chi connectivity index (χ3n) is 13.8. The SMILES string of the molecule is Cc1ncc(F)c2c1CC(CNCCC1(CN)CN(c3ccc4c(n3)NC(=O)CO4)C(=O)O1)C2.N#Cc1cccc2c1CC(CNCCC1(CN)CN(c3ccc4c(n3)NC(=O)CO4)C(=O)O1)C2C(=O)O. The smallest absolute Gasteiger partial charge is 0.416 e. The molecule has 372 valence electrons. The number of cyclic esters (lactones) is 2. The number of fused-ring (bicyclic) bond motifs is 4. The topological polar surface area (TPSA) is 312 Å². The number of hydrogen-bond donors (Lipinski definition) is 7.